The average molecular weight is 221 g/mol. The van der Waals surface area contributed by atoms with Crippen LogP contribution < -0.4 is 0 Å². The van der Waals surface area contributed by atoms with Gasteiger partial charge >= 0.3 is 0 Å². The summed E-state index contributed by atoms with van der Waals surface area (Å²) < 4.78 is 0. The van der Waals surface area contributed by atoms with Crippen LogP contribution in [0.25, 0.3) is 0 Å². The van der Waals surface area contributed by atoms with Crippen LogP contribution >= 0.6 is 0 Å². The van der Waals surface area contributed by atoms with E-state index in [0.29, 0.717) is 10.8 Å². The Balaban J connectivity index is 1.75. The number of likely N-dealkylation sites (tertiary alicyclic amines) is 1. The molecule has 0 N–H and O–H groups in total. The summed E-state index contributed by atoms with van der Waals surface area (Å²) >= 11 is 0. The van der Waals surface area contributed by atoms with Crippen molar-refractivity contribution in [3.05, 3.63) is 0 Å². The third kappa shape index (κ3) is 1.32. The third-order valence-electron chi connectivity index (χ3n) is 5.63. The molecule has 3 rings (SSSR count). The number of hydrogen-bond acceptors (Lipinski definition) is 2. The summed E-state index contributed by atoms with van der Waals surface area (Å²) in [5, 5.41) is 0. The molecular weight excluding hydrogens is 198 g/mol. The molecule has 0 radical (unpaired) electrons. The Morgan fingerprint density at radius 1 is 1.25 bits per heavy atom. The Bertz CT molecular complexity index is 295. The molecule has 2 heteroatoms. The second-order valence-corrected chi connectivity index (χ2v) is 6.27. The monoisotopic (exact) mass is 221 g/mol. The van der Waals surface area contributed by atoms with Gasteiger partial charge in [-0.3, -0.25) is 4.90 Å². The van der Waals surface area contributed by atoms with Crippen LogP contribution in [0.2, 0.25) is 0 Å². The third-order valence-corrected chi connectivity index (χ3v) is 5.63. The number of nitrogens with zero attached hydrogens (tertiary/aromatic N) is 1. The van der Waals surface area contributed by atoms with Crippen molar-refractivity contribution >= 4 is 6.29 Å². The summed E-state index contributed by atoms with van der Waals surface area (Å²) in [6.07, 6.45) is 10.9. The molecule has 2 saturated carbocycles. The van der Waals surface area contributed by atoms with Crippen molar-refractivity contribution < 1.29 is 4.79 Å². The number of rotatable bonds is 2. The normalized spacial score (nSPS) is 41.7. The lowest BCUT2D eigenvalue weighted by Crippen LogP contribution is -2.30. The zero-order chi connectivity index (χ0) is 11.2. The maximum atomic E-state index is 11.1. The van der Waals surface area contributed by atoms with Crippen LogP contribution in [0, 0.1) is 10.8 Å². The summed E-state index contributed by atoms with van der Waals surface area (Å²) in [5.74, 6) is 0. The molecule has 2 nitrogen and oxygen atoms in total. The molecular formula is C14H23NO. The predicted molar refractivity (Wildman–Crippen MR) is 64.3 cm³/mol. The van der Waals surface area contributed by atoms with Gasteiger partial charge in [-0.05, 0) is 43.1 Å². The molecule has 0 aromatic heterocycles. The Labute approximate surface area is 98.4 Å². The van der Waals surface area contributed by atoms with Gasteiger partial charge in [-0.2, -0.15) is 0 Å². The van der Waals surface area contributed by atoms with Crippen LogP contribution in [0.15, 0.2) is 0 Å². The fraction of sp³-hybridized carbons (Fsp3) is 0.929. The summed E-state index contributed by atoms with van der Waals surface area (Å²) in [6, 6.07) is 0.228. The molecule has 0 bridgehead atoms. The highest BCUT2D eigenvalue weighted by atomic mass is 16.1. The highest BCUT2D eigenvalue weighted by Crippen LogP contribution is 2.74. The van der Waals surface area contributed by atoms with Crippen LogP contribution in [-0.4, -0.2) is 30.3 Å². The molecule has 0 aromatic rings. The van der Waals surface area contributed by atoms with Gasteiger partial charge < -0.3 is 4.79 Å². The maximum Gasteiger partial charge on any atom is 0.137 e. The molecule has 16 heavy (non-hydrogen) atoms. The van der Waals surface area contributed by atoms with Crippen molar-refractivity contribution in [1.29, 1.82) is 0 Å². The summed E-state index contributed by atoms with van der Waals surface area (Å²) in [6.45, 7) is 4.43. The summed E-state index contributed by atoms with van der Waals surface area (Å²) in [7, 11) is 0. The average Bonchev–Trinajstić information content (AvgIpc) is 2.73. The molecule has 2 spiro atoms. The first kappa shape index (κ1) is 10.8. The Hall–Kier alpha value is -0.370. The molecule has 90 valence electrons. The molecule has 1 aliphatic heterocycles. The standard InChI is InChI=1S/C14H23NO/c1-2-15-11-14(8-12(15)9-16)10-13(14)6-4-3-5-7-13/h9,12H,2-8,10-11H2,1H3/t12-,14-/m0/s1. The maximum absolute atomic E-state index is 11.1. The van der Waals surface area contributed by atoms with Crippen molar-refractivity contribution in [2.45, 2.75) is 57.9 Å². The van der Waals surface area contributed by atoms with Gasteiger partial charge in [0.25, 0.3) is 0 Å². The smallest absolute Gasteiger partial charge is 0.137 e. The minimum atomic E-state index is 0.228. The molecule has 0 amide bonds. The van der Waals surface area contributed by atoms with E-state index in [1.807, 2.05) is 0 Å². The van der Waals surface area contributed by atoms with Gasteiger partial charge in [0, 0.05) is 6.54 Å². The van der Waals surface area contributed by atoms with Crippen LogP contribution in [0.5, 0.6) is 0 Å². The van der Waals surface area contributed by atoms with E-state index in [9.17, 15) is 4.79 Å². The van der Waals surface area contributed by atoms with E-state index in [1.165, 1.54) is 51.4 Å². The first-order valence-corrected chi connectivity index (χ1v) is 6.95. The number of hydrogen-bond donors (Lipinski definition) is 0. The number of carbonyl (C=O) groups is 1. The highest BCUT2D eigenvalue weighted by Gasteiger charge is 2.69. The van der Waals surface area contributed by atoms with Gasteiger partial charge in [-0.25, -0.2) is 0 Å². The quantitative estimate of drug-likeness (QED) is 0.668. The van der Waals surface area contributed by atoms with Gasteiger partial charge in [0.15, 0.2) is 0 Å². The Kier molecular flexibility index (Phi) is 2.39. The van der Waals surface area contributed by atoms with Crippen molar-refractivity contribution in [3.63, 3.8) is 0 Å². The van der Waals surface area contributed by atoms with Crippen molar-refractivity contribution in [3.8, 4) is 0 Å². The van der Waals surface area contributed by atoms with Crippen LogP contribution in [0.1, 0.15) is 51.9 Å². The van der Waals surface area contributed by atoms with Crippen molar-refractivity contribution in [1.82, 2.24) is 4.90 Å². The van der Waals surface area contributed by atoms with Crippen LogP contribution in [-0.2, 0) is 4.79 Å². The van der Waals surface area contributed by atoms with Crippen molar-refractivity contribution in [2.24, 2.45) is 10.8 Å². The van der Waals surface area contributed by atoms with E-state index in [4.69, 9.17) is 0 Å². The molecule has 3 aliphatic rings. The molecule has 2 aliphatic carbocycles. The highest BCUT2D eigenvalue weighted by molar-refractivity contribution is 5.59. The van der Waals surface area contributed by atoms with E-state index in [1.54, 1.807) is 0 Å². The fourth-order valence-corrected chi connectivity index (χ4v) is 4.63. The molecule has 1 saturated heterocycles. The summed E-state index contributed by atoms with van der Waals surface area (Å²) in [4.78, 5) is 13.5. The number of likely N-dealkylation sites (N-methyl/N-ethyl adjacent to an activating group) is 1. The van der Waals surface area contributed by atoms with E-state index in [2.05, 4.69) is 11.8 Å². The van der Waals surface area contributed by atoms with Crippen LogP contribution in [0.3, 0.4) is 0 Å². The van der Waals surface area contributed by atoms with Gasteiger partial charge in [0.05, 0.1) is 6.04 Å². The lowest BCUT2D eigenvalue weighted by Gasteiger charge is -2.26. The number of aldehydes is 1. The van der Waals surface area contributed by atoms with Crippen molar-refractivity contribution in [2.75, 3.05) is 13.1 Å². The van der Waals surface area contributed by atoms with E-state index in [-0.39, 0.29) is 6.04 Å². The lowest BCUT2D eigenvalue weighted by molar-refractivity contribution is -0.111. The minimum absolute atomic E-state index is 0.228. The zero-order valence-corrected chi connectivity index (χ0v) is 10.4. The van der Waals surface area contributed by atoms with E-state index >= 15 is 0 Å². The first-order valence-electron chi connectivity index (χ1n) is 6.95. The fourth-order valence-electron chi connectivity index (χ4n) is 4.63. The van der Waals surface area contributed by atoms with Crippen LogP contribution in [0.4, 0.5) is 0 Å². The minimum Gasteiger partial charge on any atom is -0.302 e. The van der Waals surface area contributed by atoms with Gasteiger partial charge in [-0.1, -0.05) is 26.2 Å². The molecule has 0 aromatic carbocycles. The lowest BCUT2D eigenvalue weighted by atomic mass is 9.79. The Morgan fingerprint density at radius 2 is 2.00 bits per heavy atom. The molecule has 1 heterocycles. The predicted octanol–water partition coefficient (Wildman–Crippen LogP) is 2.62. The summed E-state index contributed by atoms with van der Waals surface area (Å²) in [5.41, 5.74) is 1.21. The second kappa shape index (κ2) is 3.56. The molecule has 3 fully saturated rings. The largest absolute Gasteiger partial charge is 0.302 e. The second-order valence-electron chi connectivity index (χ2n) is 6.27. The SMILES string of the molecule is CCN1C[C@]2(C[C@H]1C=O)CC21CCCCC1. The van der Waals surface area contributed by atoms with Gasteiger partial charge in [0.2, 0.25) is 0 Å². The van der Waals surface area contributed by atoms with Gasteiger partial charge in [-0.15, -0.1) is 0 Å². The molecule has 2 atom stereocenters. The number of fused-ring (bicyclic) bond motifs is 1. The molecule has 0 unspecified atom stereocenters. The zero-order valence-electron chi connectivity index (χ0n) is 10.4. The Morgan fingerprint density at radius 3 is 2.56 bits per heavy atom. The topological polar surface area (TPSA) is 20.3 Å². The van der Waals surface area contributed by atoms with E-state index < -0.39 is 0 Å². The van der Waals surface area contributed by atoms with Gasteiger partial charge in [0.1, 0.15) is 6.29 Å². The number of carbonyl (C=O) groups excluding carboxylic acids is 1. The first-order chi connectivity index (χ1) is 7.75. The van der Waals surface area contributed by atoms with E-state index in [0.717, 1.165) is 13.0 Å².